The largest absolute Gasteiger partial charge is 0.467 e. The molecule has 1 N–H and O–H groups in total. The summed E-state index contributed by atoms with van der Waals surface area (Å²) < 4.78 is 7.43. The van der Waals surface area contributed by atoms with Crippen molar-refractivity contribution >= 4 is 17.7 Å². The van der Waals surface area contributed by atoms with Gasteiger partial charge in [-0.2, -0.15) is 0 Å². The second-order valence-electron chi connectivity index (χ2n) is 8.72. The number of imide groups is 1. The SMILES string of the molecule is Cc1cc(C(=O)CN2C(=O)N[C@]3(CCc4ccccc4C3)C2=O)c(C)n1Cc1ccco1. The van der Waals surface area contributed by atoms with Crippen LogP contribution in [-0.2, 0) is 24.2 Å². The van der Waals surface area contributed by atoms with Crippen molar-refractivity contribution in [1.29, 1.82) is 0 Å². The Labute approximate surface area is 186 Å². The summed E-state index contributed by atoms with van der Waals surface area (Å²) in [6.07, 6.45) is 3.33. The molecule has 1 spiro atoms. The molecule has 7 nitrogen and oxygen atoms in total. The van der Waals surface area contributed by atoms with E-state index in [1.165, 1.54) is 5.56 Å². The van der Waals surface area contributed by atoms with Gasteiger partial charge in [-0.1, -0.05) is 24.3 Å². The average Bonchev–Trinajstić information content (AvgIpc) is 3.45. The van der Waals surface area contributed by atoms with Crippen LogP contribution < -0.4 is 5.32 Å². The summed E-state index contributed by atoms with van der Waals surface area (Å²) in [4.78, 5) is 40.3. The number of benzene rings is 1. The third kappa shape index (κ3) is 3.25. The molecule has 32 heavy (non-hydrogen) atoms. The monoisotopic (exact) mass is 431 g/mol. The van der Waals surface area contributed by atoms with E-state index in [1.807, 2.05) is 54.8 Å². The zero-order valence-electron chi connectivity index (χ0n) is 18.2. The first-order chi connectivity index (χ1) is 15.4. The smallest absolute Gasteiger partial charge is 0.325 e. The van der Waals surface area contributed by atoms with Crippen LogP contribution in [0.15, 0.2) is 53.1 Å². The van der Waals surface area contributed by atoms with Crippen LogP contribution in [0, 0.1) is 13.8 Å². The number of carbonyl (C=O) groups is 3. The molecule has 5 rings (SSSR count). The first-order valence-corrected chi connectivity index (χ1v) is 10.8. The highest BCUT2D eigenvalue weighted by Crippen LogP contribution is 2.33. The van der Waals surface area contributed by atoms with Crippen LogP contribution in [0.25, 0.3) is 0 Å². The number of hydrogen-bond donors (Lipinski definition) is 1. The van der Waals surface area contributed by atoms with E-state index < -0.39 is 11.6 Å². The molecule has 1 aromatic carbocycles. The van der Waals surface area contributed by atoms with Crippen LogP contribution in [0.1, 0.15) is 45.1 Å². The Morgan fingerprint density at radius 2 is 1.91 bits per heavy atom. The van der Waals surface area contributed by atoms with Crippen LogP contribution in [0.5, 0.6) is 0 Å². The van der Waals surface area contributed by atoms with Gasteiger partial charge in [-0.05, 0) is 56.0 Å². The number of aromatic nitrogens is 1. The molecule has 2 aliphatic rings. The summed E-state index contributed by atoms with van der Waals surface area (Å²) in [5, 5.41) is 2.90. The van der Waals surface area contributed by atoms with Gasteiger partial charge < -0.3 is 14.3 Å². The molecule has 1 aliphatic heterocycles. The van der Waals surface area contributed by atoms with Gasteiger partial charge >= 0.3 is 6.03 Å². The number of rotatable bonds is 5. The highest BCUT2D eigenvalue weighted by atomic mass is 16.3. The standard InChI is InChI=1S/C25H25N3O4/c1-16-12-21(17(2)27(16)14-20-8-5-11-32-20)22(29)15-28-23(30)25(26-24(28)31)10-9-18-6-3-4-7-19(18)13-25/h3-8,11-12H,9-10,13-15H2,1-2H3,(H,26,31)/t25-/m0/s1. The molecule has 3 heterocycles. The molecule has 3 amide bonds. The summed E-state index contributed by atoms with van der Waals surface area (Å²) in [7, 11) is 0. The Morgan fingerprint density at radius 1 is 1.12 bits per heavy atom. The number of furan rings is 1. The van der Waals surface area contributed by atoms with Crippen LogP contribution >= 0.6 is 0 Å². The zero-order valence-corrected chi connectivity index (χ0v) is 18.2. The van der Waals surface area contributed by atoms with Crippen molar-refractivity contribution in [2.45, 2.75) is 45.2 Å². The van der Waals surface area contributed by atoms with Crippen molar-refractivity contribution in [3.05, 3.63) is 82.6 Å². The predicted octanol–water partition coefficient (Wildman–Crippen LogP) is 3.41. The minimum absolute atomic E-state index is 0.249. The topological polar surface area (TPSA) is 84.5 Å². The molecule has 0 bridgehead atoms. The van der Waals surface area contributed by atoms with Crippen molar-refractivity contribution in [3.63, 3.8) is 0 Å². The molecule has 1 fully saturated rings. The lowest BCUT2D eigenvalue weighted by Crippen LogP contribution is -2.51. The van der Waals surface area contributed by atoms with Crippen LogP contribution in [-0.4, -0.2) is 39.3 Å². The number of nitrogens with zero attached hydrogens (tertiary/aromatic N) is 2. The molecule has 3 aromatic rings. The third-order valence-electron chi connectivity index (χ3n) is 6.75. The van der Waals surface area contributed by atoms with E-state index in [2.05, 4.69) is 11.4 Å². The van der Waals surface area contributed by atoms with Gasteiger partial charge in [0.2, 0.25) is 0 Å². The van der Waals surface area contributed by atoms with Crippen LogP contribution in [0.3, 0.4) is 0 Å². The number of fused-ring (bicyclic) bond motifs is 1. The summed E-state index contributed by atoms with van der Waals surface area (Å²) in [5.74, 6) is 0.231. The number of hydrogen-bond acceptors (Lipinski definition) is 4. The quantitative estimate of drug-likeness (QED) is 0.496. The second kappa shape index (κ2) is 7.51. The number of amides is 3. The summed E-state index contributed by atoms with van der Waals surface area (Å²) in [6, 6.07) is 13.0. The van der Waals surface area contributed by atoms with Gasteiger partial charge in [-0.15, -0.1) is 0 Å². The summed E-state index contributed by atoms with van der Waals surface area (Å²) in [6.45, 7) is 4.05. The van der Waals surface area contributed by atoms with E-state index >= 15 is 0 Å². The maximum atomic E-state index is 13.3. The van der Waals surface area contributed by atoms with Gasteiger partial charge in [0.1, 0.15) is 11.3 Å². The Bertz CT molecular complexity index is 1220. The highest BCUT2D eigenvalue weighted by Gasteiger charge is 2.52. The van der Waals surface area contributed by atoms with E-state index in [9.17, 15) is 14.4 Å². The van der Waals surface area contributed by atoms with Gasteiger partial charge in [0.05, 0.1) is 19.4 Å². The second-order valence-corrected chi connectivity index (χ2v) is 8.72. The molecule has 2 aromatic heterocycles. The van der Waals surface area contributed by atoms with Crippen molar-refractivity contribution in [1.82, 2.24) is 14.8 Å². The van der Waals surface area contributed by atoms with Gasteiger partial charge in [0.15, 0.2) is 5.78 Å². The maximum Gasteiger partial charge on any atom is 0.325 e. The number of ketones is 1. The molecule has 7 heteroatoms. The minimum Gasteiger partial charge on any atom is -0.467 e. The first kappa shape index (κ1) is 20.3. The molecule has 0 radical (unpaired) electrons. The molecular formula is C25H25N3O4. The predicted molar refractivity (Wildman–Crippen MR) is 117 cm³/mol. The number of nitrogens with one attached hydrogen (secondary N) is 1. The van der Waals surface area contributed by atoms with Crippen molar-refractivity contribution in [2.24, 2.45) is 0 Å². The van der Waals surface area contributed by atoms with Crippen molar-refractivity contribution in [3.8, 4) is 0 Å². The molecule has 0 saturated carbocycles. The normalized spacial score (nSPS) is 20.0. The lowest BCUT2D eigenvalue weighted by molar-refractivity contribution is -0.131. The Kier molecular flexibility index (Phi) is 4.77. The lowest BCUT2D eigenvalue weighted by atomic mass is 9.78. The van der Waals surface area contributed by atoms with E-state index in [0.29, 0.717) is 24.9 Å². The number of Topliss-reactive ketones (excluding diaryl/α,β-unsaturated/α-hetero) is 1. The van der Waals surface area contributed by atoms with Gasteiger partial charge in [-0.3, -0.25) is 14.5 Å². The van der Waals surface area contributed by atoms with Gasteiger partial charge in [0, 0.05) is 23.4 Å². The summed E-state index contributed by atoms with van der Waals surface area (Å²) >= 11 is 0. The number of aryl methyl sites for hydroxylation is 2. The molecule has 1 saturated heterocycles. The Balaban J connectivity index is 1.35. The van der Waals surface area contributed by atoms with Crippen molar-refractivity contribution < 1.29 is 18.8 Å². The molecule has 0 unspecified atom stereocenters. The maximum absolute atomic E-state index is 13.3. The molecule has 164 valence electrons. The summed E-state index contributed by atoms with van der Waals surface area (Å²) in [5.41, 5.74) is 3.55. The fourth-order valence-electron chi connectivity index (χ4n) is 4.96. The Morgan fingerprint density at radius 3 is 2.66 bits per heavy atom. The average molecular weight is 431 g/mol. The van der Waals surface area contributed by atoms with E-state index in [4.69, 9.17) is 4.42 Å². The fourth-order valence-corrected chi connectivity index (χ4v) is 4.96. The Hall–Kier alpha value is -3.61. The molecule has 1 aliphatic carbocycles. The van der Waals surface area contributed by atoms with Crippen LogP contribution in [0.2, 0.25) is 0 Å². The van der Waals surface area contributed by atoms with Gasteiger partial charge in [0.25, 0.3) is 5.91 Å². The zero-order chi connectivity index (χ0) is 22.5. The number of urea groups is 1. The molecular weight excluding hydrogens is 406 g/mol. The van der Waals surface area contributed by atoms with Crippen molar-refractivity contribution in [2.75, 3.05) is 6.54 Å². The molecule has 1 atom stereocenters. The van der Waals surface area contributed by atoms with E-state index in [1.54, 1.807) is 6.26 Å². The highest BCUT2D eigenvalue weighted by molar-refractivity contribution is 6.11. The van der Waals surface area contributed by atoms with Crippen LogP contribution in [0.4, 0.5) is 4.79 Å². The third-order valence-corrected chi connectivity index (χ3v) is 6.75. The van der Waals surface area contributed by atoms with E-state index in [0.717, 1.165) is 34.0 Å². The minimum atomic E-state index is -0.956. The first-order valence-electron chi connectivity index (χ1n) is 10.8. The number of carbonyl (C=O) groups excluding carboxylic acids is 3. The lowest BCUT2D eigenvalue weighted by Gasteiger charge is -2.32. The fraction of sp³-hybridized carbons (Fsp3) is 0.320. The van der Waals surface area contributed by atoms with Gasteiger partial charge in [-0.25, -0.2) is 4.79 Å². The van der Waals surface area contributed by atoms with E-state index in [-0.39, 0.29) is 18.2 Å².